The number of piperazine rings is 1. The summed E-state index contributed by atoms with van der Waals surface area (Å²) >= 11 is 0. The highest BCUT2D eigenvalue weighted by Gasteiger charge is 2.35. The van der Waals surface area contributed by atoms with Crippen molar-refractivity contribution < 1.29 is 14.3 Å². The van der Waals surface area contributed by atoms with Crippen LogP contribution in [-0.2, 0) is 14.9 Å². The third-order valence-corrected chi connectivity index (χ3v) is 5.89. The first-order valence-electron chi connectivity index (χ1n) is 10.7. The minimum absolute atomic E-state index is 0.0157. The average Bonchev–Trinajstić information content (AvgIpc) is 2.73. The van der Waals surface area contributed by atoms with Crippen molar-refractivity contribution in [3.63, 3.8) is 0 Å². The Morgan fingerprint density at radius 3 is 2.34 bits per heavy atom. The van der Waals surface area contributed by atoms with Gasteiger partial charge in [0.1, 0.15) is 0 Å². The number of urea groups is 1. The third-order valence-electron chi connectivity index (χ3n) is 5.89. The van der Waals surface area contributed by atoms with E-state index >= 15 is 0 Å². The van der Waals surface area contributed by atoms with Crippen LogP contribution in [0.4, 0.5) is 4.79 Å². The van der Waals surface area contributed by atoms with Gasteiger partial charge in [0, 0.05) is 57.4 Å². The molecule has 0 aliphatic carbocycles. The number of amides is 3. The lowest BCUT2D eigenvalue weighted by molar-refractivity contribution is -0.123. The second kappa shape index (κ2) is 10.1. The highest BCUT2D eigenvalue weighted by atomic mass is 16.5. The lowest BCUT2D eigenvalue weighted by atomic mass is 9.74. The van der Waals surface area contributed by atoms with Crippen LogP contribution >= 0.6 is 0 Å². The molecule has 0 unspecified atom stereocenters. The number of benzene rings is 1. The van der Waals surface area contributed by atoms with Gasteiger partial charge < -0.3 is 20.3 Å². The topological polar surface area (TPSA) is 73.9 Å². The SMILES string of the molecule is CC(C)NC(=O)CN1CCN(C(=O)NCC2(c3ccccc3)CCOCC2)CC1. The van der Waals surface area contributed by atoms with Gasteiger partial charge in [-0.05, 0) is 32.3 Å². The van der Waals surface area contributed by atoms with Gasteiger partial charge in [0.25, 0.3) is 0 Å². The fourth-order valence-electron chi connectivity index (χ4n) is 4.16. The number of rotatable bonds is 6. The quantitative estimate of drug-likeness (QED) is 0.758. The van der Waals surface area contributed by atoms with E-state index in [2.05, 4.69) is 39.8 Å². The molecule has 2 heterocycles. The molecule has 1 aromatic carbocycles. The summed E-state index contributed by atoms with van der Waals surface area (Å²) in [4.78, 5) is 28.7. The highest BCUT2D eigenvalue weighted by molar-refractivity contribution is 5.78. The maximum atomic E-state index is 12.8. The van der Waals surface area contributed by atoms with E-state index in [-0.39, 0.29) is 23.4 Å². The van der Waals surface area contributed by atoms with E-state index in [9.17, 15) is 9.59 Å². The number of hydrogen-bond acceptors (Lipinski definition) is 4. The Labute approximate surface area is 173 Å². The number of carbonyl (C=O) groups is 2. The van der Waals surface area contributed by atoms with Crippen LogP contribution in [0.1, 0.15) is 32.3 Å². The Bertz CT molecular complexity index is 666. The molecule has 1 aromatic rings. The largest absolute Gasteiger partial charge is 0.381 e. The summed E-state index contributed by atoms with van der Waals surface area (Å²) in [7, 11) is 0. The first kappa shape index (κ1) is 21.6. The summed E-state index contributed by atoms with van der Waals surface area (Å²) in [6, 6.07) is 10.6. The molecule has 2 aliphatic rings. The molecular formula is C22H34N4O3. The van der Waals surface area contributed by atoms with Gasteiger partial charge in [0.15, 0.2) is 0 Å². The molecule has 0 aromatic heterocycles. The van der Waals surface area contributed by atoms with Crippen molar-refractivity contribution in [2.45, 2.75) is 38.1 Å². The van der Waals surface area contributed by atoms with E-state index in [1.807, 2.05) is 24.8 Å². The zero-order chi connectivity index (χ0) is 20.7. The van der Waals surface area contributed by atoms with Crippen LogP contribution in [0.15, 0.2) is 30.3 Å². The smallest absolute Gasteiger partial charge is 0.317 e. The van der Waals surface area contributed by atoms with Crippen LogP contribution in [0.3, 0.4) is 0 Å². The van der Waals surface area contributed by atoms with E-state index in [4.69, 9.17) is 4.74 Å². The van der Waals surface area contributed by atoms with Gasteiger partial charge in [0.2, 0.25) is 5.91 Å². The van der Waals surface area contributed by atoms with Crippen LogP contribution in [0.2, 0.25) is 0 Å². The molecule has 0 saturated carbocycles. The Morgan fingerprint density at radius 1 is 1.07 bits per heavy atom. The molecule has 0 bridgehead atoms. The van der Waals surface area contributed by atoms with Gasteiger partial charge in [-0.2, -0.15) is 0 Å². The number of nitrogens with one attached hydrogen (secondary N) is 2. The Hall–Kier alpha value is -2.12. The van der Waals surface area contributed by atoms with Crippen molar-refractivity contribution in [1.82, 2.24) is 20.4 Å². The van der Waals surface area contributed by atoms with Crippen molar-refractivity contribution in [3.05, 3.63) is 35.9 Å². The maximum Gasteiger partial charge on any atom is 0.317 e. The van der Waals surface area contributed by atoms with Crippen molar-refractivity contribution in [2.75, 3.05) is 52.5 Å². The van der Waals surface area contributed by atoms with E-state index < -0.39 is 0 Å². The minimum Gasteiger partial charge on any atom is -0.381 e. The van der Waals surface area contributed by atoms with Gasteiger partial charge in [-0.3, -0.25) is 9.69 Å². The molecule has 3 amide bonds. The van der Waals surface area contributed by atoms with Crippen molar-refractivity contribution >= 4 is 11.9 Å². The standard InChI is InChI=1S/C22H34N4O3/c1-18(2)24-20(27)16-25-10-12-26(13-11-25)21(28)23-17-22(8-14-29-15-9-22)19-6-4-3-5-7-19/h3-7,18H,8-17H2,1-2H3,(H,23,28)(H,24,27). The molecule has 2 fully saturated rings. The molecule has 2 N–H and O–H groups in total. The molecule has 7 heteroatoms. The zero-order valence-electron chi connectivity index (χ0n) is 17.7. The molecule has 7 nitrogen and oxygen atoms in total. The Balaban J connectivity index is 1.49. The molecular weight excluding hydrogens is 368 g/mol. The number of ether oxygens (including phenoxy) is 1. The van der Waals surface area contributed by atoms with Crippen LogP contribution in [0.25, 0.3) is 0 Å². The number of nitrogens with zero attached hydrogens (tertiary/aromatic N) is 2. The van der Waals surface area contributed by atoms with Gasteiger partial charge in [-0.15, -0.1) is 0 Å². The molecule has 3 rings (SSSR count). The Kier molecular flexibility index (Phi) is 7.50. The summed E-state index contributed by atoms with van der Waals surface area (Å²) in [5.41, 5.74) is 1.20. The molecule has 0 radical (unpaired) electrons. The van der Waals surface area contributed by atoms with Crippen LogP contribution in [0, 0.1) is 0 Å². The molecule has 2 aliphatic heterocycles. The maximum absolute atomic E-state index is 12.8. The second-order valence-corrected chi connectivity index (χ2v) is 8.40. The second-order valence-electron chi connectivity index (χ2n) is 8.40. The lowest BCUT2D eigenvalue weighted by Crippen LogP contribution is -2.55. The van der Waals surface area contributed by atoms with Crippen molar-refractivity contribution in [3.8, 4) is 0 Å². The summed E-state index contributed by atoms with van der Waals surface area (Å²) in [6.45, 7) is 9.10. The predicted molar refractivity (Wildman–Crippen MR) is 113 cm³/mol. The molecule has 0 spiro atoms. The first-order chi connectivity index (χ1) is 14.0. The van der Waals surface area contributed by atoms with Gasteiger partial charge in [-0.1, -0.05) is 30.3 Å². The average molecular weight is 403 g/mol. The molecule has 0 atom stereocenters. The summed E-state index contributed by atoms with van der Waals surface area (Å²) in [6.07, 6.45) is 1.83. The zero-order valence-corrected chi connectivity index (χ0v) is 17.7. The van der Waals surface area contributed by atoms with Crippen LogP contribution in [0.5, 0.6) is 0 Å². The summed E-state index contributed by atoms with van der Waals surface area (Å²) in [5.74, 6) is 0.0437. The highest BCUT2D eigenvalue weighted by Crippen LogP contribution is 2.34. The normalized spacial score (nSPS) is 19.8. The van der Waals surface area contributed by atoms with E-state index in [1.165, 1.54) is 5.56 Å². The van der Waals surface area contributed by atoms with Crippen LogP contribution < -0.4 is 10.6 Å². The molecule has 160 valence electrons. The number of hydrogen-bond donors (Lipinski definition) is 2. The Morgan fingerprint density at radius 2 is 1.72 bits per heavy atom. The van der Waals surface area contributed by atoms with Gasteiger partial charge in [-0.25, -0.2) is 4.79 Å². The minimum atomic E-state index is -0.0636. The van der Waals surface area contributed by atoms with Crippen molar-refractivity contribution in [2.24, 2.45) is 0 Å². The van der Waals surface area contributed by atoms with E-state index in [0.717, 1.165) is 39.1 Å². The van der Waals surface area contributed by atoms with Crippen molar-refractivity contribution in [1.29, 1.82) is 0 Å². The van der Waals surface area contributed by atoms with E-state index in [1.54, 1.807) is 0 Å². The third kappa shape index (κ3) is 5.93. The predicted octanol–water partition coefficient (Wildman–Crippen LogP) is 1.59. The molecule has 29 heavy (non-hydrogen) atoms. The van der Waals surface area contributed by atoms with E-state index in [0.29, 0.717) is 26.2 Å². The summed E-state index contributed by atoms with van der Waals surface area (Å²) in [5, 5.41) is 6.09. The van der Waals surface area contributed by atoms with Crippen LogP contribution in [-0.4, -0.2) is 80.3 Å². The van der Waals surface area contributed by atoms with Gasteiger partial charge in [0.05, 0.1) is 6.54 Å². The van der Waals surface area contributed by atoms with Gasteiger partial charge >= 0.3 is 6.03 Å². The fraction of sp³-hybridized carbons (Fsp3) is 0.636. The fourth-order valence-corrected chi connectivity index (χ4v) is 4.16. The summed E-state index contributed by atoms with van der Waals surface area (Å²) < 4.78 is 5.58. The first-order valence-corrected chi connectivity index (χ1v) is 10.7. The molecule has 2 saturated heterocycles. The number of carbonyl (C=O) groups excluding carboxylic acids is 2. The lowest BCUT2D eigenvalue weighted by Gasteiger charge is -2.39. The monoisotopic (exact) mass is 402 g/mol.